The van der Waals surface area contributed by atoms with Gasteiger partial charge in [0.1, 0.15) is 0 Å². The summed E-state index contributed by atoms with van der Waals surface area (Å²) in [5.74, 6) is 0.725. The maximum absolute atomic E-state index is 5.23. The predicted octanol–water partition coefficient (Wildman–Crippen LogP) is 10.8. The molecule has 0 radical (unpaired) electrons. The summed E-state index contributed by atoms with van der Waals surface area (Å²) in [6.45, 7) is 0. The lowest BCUT2D eigenvalue weighted by molar-refractivity contribution is 1.18. The van der Waals surface area contributed by atoms with Crippen LogP contribution in [0.4, 0.5) is 0 Å². The summed E-state index contributed by atoms with van der Waals surface area (Å²) in [6, 6.07) is 51.7. The first-order chi connectivity index (χ1) is 22.3. The van der Waals surface area contributed by atoms with Crippen molar-refractivity contribution in [1.29, 1.82) is 0 Å². The molecule has 0 atom stereocenters. The van der Waals surface area contributed by atoms with Crippen LogP contribution in [0.15, 0.2) is 162 Å². The molecule has 9 rings (SSSR count). The molecule has 0 unspecified atom stereocenters. The molecule has 3 heterocycles. The van der Waals surface area contributed by atoms with Crippen LogP contribution in [-0.4, -0.2) is 16.1 Å². The first kappa shape index (κ1) is 25.9. The Kier molecular flexibility index (Phi) is 6.06. The number of fused-ring (bicyclic) bond motifs is 6. The zero-order chi connectivity index (χ0) is 29.7. The van der Waals surface area contributed by atoms with E-state index < -0.39 is 0 Å². The Morgan fingerprint density at radius 3 is 1.87 bits per heavy atom. The third kappa shape index (κ3) is 4.42. The van der Waals surface area contributed by atoms with Gasteiger partial charge in [0.15, 0.2) is 5.84 Å². The molecular weight excluding hydrogens is 567 g/mol. The van der Waals surface area contributed by atoms with Crippen LogP contribution in [0.3, 0.4) is 0 Å². The summed E-state index contributed by atoms with van der Waals surface area (Å²) in [4.78, 5) is 10.4. The number of hydrogen-bond donors (Lipinski definition) is 0. The number of hydrogen-bond acceptors (Lipinski definition) is 3. The minimum Gasteiger partial charge on any atom is -0.309 e. The first-order valence-corrected chi connectivity index (χ1v) is 16.0. The van der Waals surface area contributed by atoms with E-state index in [0.717, 1.165) is 39.6 Å². The van der Waals surface area contributed by atoms with Gasteiger partial charge in [-0.25, -0.2) is 9.98 Å². The van der Waals surface area contributed by atoms with Gasteiger partial charge in [-0.15, -0.1) is 11.3 Å². The van der Waals surface area contributed by atoms with Gasteiger partial charge in [-0.05, 0) is 54.1 Å². The minimum atomic E-state index is 0.705. The van der Waals surface area contributed by atoms with Crippen molar-refractivity contribution in [1.82, 2.24) is 4.57 Å². The van der Waals surface area contributed by atoms with E-state index in [2.05, 4.69) is 150 Å². The third-order valence-corrected chi connectivity index (χ3v) is 9.83. The molecule has 8 aromatic rings. The molecule has 4 heteroatoms. The molecule has 0 amide bonds. The van der Waals surface area contributed by atoms with Crippen LogP contribution < -0.4 is 0 Å². The van der Waals surface area contributed by atoms with Crippen molar-refractivity contribution in [3.8, 4) is 5.69 Å². The number of amidine groups is 1. The van der Waals surface area contributed by atoms with Crippen molar-refractivity contribution in [2.24, 2.45) is 9.98 Å². The Balaban J connectivity index is 1.16. The molecule has 212 valence electrons. The summed E-state index contributed by atoms with van der Waals surface area (Å²) in [5, 5.41) is 5.11. The first-order valence-electron chi connectivity index (χ1n) is 15.2. The lowest BCUT2D eigenvalue weighted by atomic mass is 10.0. The highest BCUT2D eigenvalue weighted by Gasteiger charge is 2.16. The Morgan fingerprint density at radius 1 is 0.489 bits per heavy atom. The fraction of sp³-hybridized carbons (Fsp3) is 0.0244. The van der Waals surface area contributed by atoms with E-state index in [1.54, 1.807) is 0 Å². The van der Waals surface area contributed by atoms with Gasteiger partial charge < -0.3 is 4.57 Å². The van der Waals surface area contributed by atoms with Gasteiger partial charge in [0.25, 0.3) is 0 Å². The fourth-order valence-corrected chi connectivity index (χ4v) is 7.67. The normalized spacial score (nSPS) is 13.6. The van der Waals surface area contributed by atoms with E-state index in [1.807, 2.05) is 17.4 Å². The highest BCUT2D eigenvalue weighted by molar-refractivity contribution is 7.25. The number of allylic oxidation sites excluding steroid dienone is 1. The number of rotatable bonds is 4. The molecule has 1 aliphatic heterocycles. The lowest BCUT2D eigenvalue weighted by Gasteiger charge is -2.10. The summed E-state index contributed by atoms with van der Waals surface area (Å²) < 4.78 is 4.92. The molecule has 2 aromatic heterocycles. The Bertz CT molecular complexity index is 2440. The molecule has 6 aromatic carbocycles. The Labute approximate surface area is 264 Å². The highest BCUT2D eigenvalue weighted by atomic mass is 32.1. The molecule has 0 aliphatic carbocycles. The average molecular weight is 594 g/mol. The van der Waals surface area contributed by atoms with Crippen LogP contribution >= 0.6 is 11.3 Å². The van der Waals surface area contributed by atoms with Crippen molar-refractivity contribution in [3.05, 3.63) is 168 Å². The van der Waals surface area contributed by atoms with Gasteiger partial charge in [-0.2, -0.15) is 0 Å². The molecule has 45 heavy (non-hydrogen) atoms. The van der Waals surface area contributed by atoms with Gasteiger partial charge in [0.2, 0.25) is 0 Å². The van der Waals surface area contributed by atoms with Crippen LogP contribution in [0.5, 0.6) is 0 Å². The number of para-hydroxylation sites is 2. The standard InChI is InChI=1S/C41H27N3S/c1-2-10-27(11-3-1)35-24-25-36(29-20-23-34-33-14-6-9-17-39(33)45-40(34)26-29)43-41(42-35)28-18-21-30(22-19-28)44-37-15-7-4-12-31(37)32-13-5-8-16-38(32)44/h1-23,25-26H,24H2. The van der Waals surface area contributed by atoms with Crippen molar-refractivity contribution >= 4 is 70.6 Å². The zero-order valence-electron chi connectivity index (χ0n) is 24.4. The smallest absolute Gasteiger partial charge is 0.160 e. The van der Waals surface area contributed by atoms with E-state index >= 15 is 0 Å². The van der Waals surface area contributed by atoms with Crippen molar-refractivity contribution in [2.75, 3.05) is 0 Å². The third-order valence-electron chi connectivity index (χ3n) is 8.70. The lowest BCUT2D eigenvalue weighted by Crippen LogP contribution is -2.05. The molecule has 3 nitrogen and oxygen atoms in total. The largest absolute Gasteiger partial charge is 0.309 e. The number of aromatic nitrogens is 1. The second-order valence-electron chi connectivity index (χ2n) is 11.4. The predicted molar refractivity (Wildman–Crippen MR) is 192 cm³/mol. The molecular formula is C41H27N3S. The van der Waals surface area contributed by atoms with Crippen LogP contribution in [0.2, 0.25) is 0 Å². The monoisotopic (exact) mass is 593 g/mol. The SMILES string of the molecule is C1=C(c2ccc3c(c2)sc2ccccc23)N=C(c2ccc(-n3c4ccccc4c4ccccc43)cc2)N=C(c2ccccc2)C1. The van der Waals surface area contributed by atoms with Crippen LogP contribution in [-0.2, 0) is 0 Å². The van der Waals surface area contributed by atoms with Crippen LogP contribution in [0, 0.1) is 0 Å². The van der Waals surface area contributed by atoms with Crippen molar-refractivity contribution in [2.45, 2.75) is 6.42 Å². The maximum atomic E-state index is 5.23. The Hall–Kier alpha value is -5.58. The fourth-order valence-electron chi connectivity index (χ4n) is 6.52. The summed E-state index contributed by atoms with van der Waals surface area (Å²) >= 11 is 1.83. The minimum absolute atomic E-state index is 0.705. The number of nitrogens with zero attached hydrogens (tertiary/aromatic N) is 3. The van der Waals surface area contributed by atoms with Gasteiger partial charge in [0, 0.05) is 54.2 Å². The Morgan fingerprint density at radius 2 is 1.11 bits per heavy atom. The van der Waals surface area contributed by atoms with Crippen molar-refractivity contribution < 1.29 is 0 Å². The highest BCUT2D eigenvalue weighted by Crippen LogP contribution is 2.36. The molecule has 1 aliphatic rings. The molecule has 0 saturated carbocycles. The summed E-state index contributed by atoms with van der Waals surface area (Å²) in [6.07, 6.45) is 2.93. The van der Waals surface area contributed by atoms with Gasteiger partial charge >= 0.3 is 0 Å². The topological polar surface area (TPSA) is 29.6 Å². The zero-order valence-corrected chi connectivity index (χ0v) is 25.2. The van der Waals surface area contributed by atoms with E-state index in [0.29, 0.717) is 6.42 Å². The van der Waals surface area contributed by atoms with Gasteiger partial charge in [-0.1, -0.05) is 103 Å². The second kappa shape index (κ2) is 10.5. The van der Waals surface area contributed by atoms with Gasteiger partial charge in [0.05, 0.1) is 22.4 Å². The van der Waals surface area contributed by atoms with Crippen LogP contribution in [0.1, 0.15) is 23.1 Å². The molecule has 0 N–H and O–H groups in total. The average Bonchev–Trinajstić information content (AvgIpc) is 3.55. The van der Waals surface area contributed by atoms with Crippen LogP contribution in [0.25, 0.3) is 53.4 Å². The van der Waals surface area contributed by atoms with E-state index in [-0.39, 0.29) is 0 Å². The number of thiophene rings is 1. The molecule has 0 fully saturated rings. The van der Waals surface area contributed by atoms with Crippen molar-refractivity contribution in [3.63, 3.8) is 0 Å². The summed E-state index contributed by atoms with van der Waals surface area (Å²) in [5.41, 5.74) is 8.69. The number of aliphatic imine (C=N–C) groups is 2. The second-order valence-corrected chi connectivity index (χ2v) is 12.5. The molecule has 0 bridgehead atoms. The van der Waals surface area contributed by atoms with E-state index in [9.17, 15) is 0 Å². The molecule has 0 spiro atoms. The maximum Gasteiger partial charge on any atom is 0.160 e. The van der Waals surface area contributed by atoms with E-state index in [4.69, 9.17) is 9.98 Å². The van der Waals surface area contributed by atoms with E-state index in [1.165, 1.54) is 42.0 Å². The quantitative estimate of drug-likeness (QED) is 0.194. The summed E-state index contributed by atoms with van der Waals surface area (Å²) in [7, 11) is 0. The molecule has 0 saturated heterocycles. The van der Waals surface area contributed by atoms with Gasteiger partial charge in [-0.3, -0.25) is 0 Å². The number of benzene rings is 6.